The highest BCUT2D eigenvalue weighted by atomic mass is 16.1. The van der Waals surface area contributed by atoms with Crippen LogP contribution in [-0.4, -0.2) is 19.3 Å². The first-order chi connectivity index (χ1) is 7.75. The minimum Gasteiger partial charge on any atom is -0.396 e. The molecule has 0 aromatic carbocycles. The predicted molar refractivity (Wildman–Crippen MR) is 58.3 cm³/mol. The molecule has 1 aliphatic carbocycles. The lowest BCUT2D eigenvalue weighted by Crippen LogP contribution is -2.24. The average molecular weight is 217 g/mol. The van der Waals surface area contributed by atoms with Crippen LogP contribution in [0.4, 0.5) is 5.69 Å². The van der Waals surface area contributed by atoms with Crippen LogP contribution in [0.1, 0.15) is 18.9 Å². The second kappa shape index (κ2) is 3.19. The normalized spacial score (nSPS) is 15.2. The van der Waals surface area contributed by atoms with Gasteiger partial charge in [-0.15, -0.1) is 0 Å². The van der Waals surface area contributed by atoms with E-state index in [1.54, 1.807) is 23.2 Å². The molecule has 0 atom stereocenters. The highest BCUT2D eigenvalue weighted by Crippen LogP contribution is 2.33. The van der Waals surface area contributed by atoms with E-state index in [4.69, 9.17) is 5.73 Å². The van der Waals surface area contributed by atoms with E-state index in [-0.39, 0.29) is 5.56 Å². The van der Waals surface area contributed by atoms with Crippen LogP contribution in [0.5, 0.6) is 0 Å². The van der Waals surface area contributed by atoms with Crippen LogP contribution in [0, 0.1) is 0 Å². The van der Waals surface area contributed by atoms with Crippen LogP contribution in [0.3, 0.4) is 0 Å². The number of aromatic nitrogens is 4. The number of hydrogen-bond acceptors (Lipinski definition) is 4. The van der Waals surface area contributed by atoms with Gasteiger partial charge in [-0.3, -0.25) is 4.79 Å². The summed E-state index contributed by atoms with van der Waals surface area (Å²) in [5, 5.41) is 3.98. The fourth-order valence-electron chi connectivity index (χ4n) is 1.66. The molecule has 0 aliphatic heterocycles. The van der Waals surface area contributed by atoms with Crippen molar-refractivity contribution in [3.63, 3.8) is 0 Å². The Balaban J connectivity index is 2.14. The lowest BCUT2D eigenvalue weighted by Gasteiger charge is -2.04. The van der Waals surface area contributed by atoms with Gasteiger partial charge in [0.1, 0.15) is 0 Å². The summed E-state index contributed by atoms with van der Waals surface area (Å²) in [6.45, 7) is 0. The van der Waals surface area contributed by atoms with E-state index in [0.717, 1.165) is 12.8 Å². The van der Waals surface area contributed by atoms with E-state index in [1.807, 2.05) is 0 Å². The highest BCUT2D eigenvalue weighted by molar-refractivity contribution is 5.34. The first-order valence-corrected chi connectivity index (χ1v) is 5.13. The van der Waals surface area contributed by atoms with Crippen LogP contribution in [-0.2, 0) is 0 Å². The molecule has 0 unspecified atom stereocenters. The Morgan fingerprint density at radius 1 is 1.44 bits per heavy atom. The number of nitrogens with zero attached hydrogens (tertiary/aromatic N) is 4. The molecule has 82 valence electrons. The number of hydrogen-bond donors (Lipinski definition) is 1. The first-order valence-electron chi connectivity index (χ1n) is 5.13. The molecule has 1 saturated carbocycles. The standard InChI is InChI=1S/C10H11N5O/c11-7-5-13-15(6-7)9-10(16)14(4-3-12-9)8-1-2-8/h3-6,8H,1-2,11H2. The summed E-state index contributed by atoms with van der Waals surface area (Å²) >= 11 is 0. The zero-order valence-electron chi connectivity index (χ0n) is 8.58. The molecule has 3 rings (SSSR count). The summed E-state index contributed by atoms with van der Waals surface area (Å²) < 4.78 is 3.12. The molecule has 0 saturated heterocycles. The number of rotatable bonds is 2. The van der Waals surface area contributed by atoms with Crippen molar-refractivity contribution >= 4 is 5.69 Å². The third-order valence-electron chi connectivity index (χ3n) is 2.61. The van der Waals surface area contributed by atoms with Crippen molar-refractivity contribution < 1.29 is 0 Å². The Bertz CT molecular complexity index is 581. The van der Waals surface area contributed by atoms with Crippen molar-refractivity contribution in [2.45, 2.75) is 18.9 Å². The lowest BCUT2D eigenvalue weighted by atomic mass is 10.5. The van der Waals surface area contributed by atoms with Gasteiger partial charge < -0.3 is 10.3 Å². The third kappa shape index (κ3) is 1.39. The summed E-state index contributed by atoms with van der Waals surface area (Å²) in [5.74, 6) is 0.297. The summed E-state index contributed by atoms with van der Waals surface area (Å²) in [6.07, 6.45) is 8.54. The van der Waals surface area contributed by atoms with E-state index in [2.05, 4.69) is 10.1 Å². The fraction of sp³-hybridized carbons (Fsp3) is 0.300. The van der Waals surface area contributed by atoms with Gasteiger partial charge in [-0.25, -0.2) is 9.67 Å². The van der Waals surface area contributed by atoms with Crippen LogP contribution >= 0.6 is 0 Å². The molecule has 1 fully saturated rings. The van der Waals surface area contributed by atoms with Gasteiger partial charge in [0.15, 0.2) is 0 Å². The van der Waals surface area contributed by atoms with Gasteiger partial charge in [0, 0.05) is 18.4 Å². The topological polar surface area (TPSA) is 78.7 Å². The summed E-state index contributed by atoms with van der Waals surface area (Å²) in [5.41, 5.74) is 5.96. The van der Waals surface area contributed by atoms with Gasteiger partial charge in [-0.05, 0) is 12.8 Å². The molecule has 0 spiro atoms. The average Bonchev–Trinajstić information content (AvgIpc) is 3.02. The van der Waals surface area contributed by atoms with E-state index in [0.29, 0.717) is 17.5 Å². The van der Waals surface area contributed by atoms with Gasteiger partial charge in [-0.2, -0.15) is 5.10 Å². The molecule has 0 radical (unpaired) electrons. The van der Waals surface area contributed by atoms with Crippen molar-refractivity contribution in [2.24, 2.45) is 0 Å². The summed E-state index contributed by atoms with van der Waals surface area (Å²) in [4.78, 5) is 16.1. The Morgan fingerprint density at radius 3 is 2.88 bits per heavy atom. The third-order valence-corrected chi connectivity index (χ3v) is 2.61. The Kier molecular flexibility index (Phi) is 1.82. The van der Waals surface area contributed by atoms with Gasteiger partial charge in [-0.1, -0.05) is 0 Å². The minimum atomic E-state index is -0.117. The van der Waals surface area contributed by atoms with E-state index in [1.165, 1.54) is 10.9 Å². The van der Waals surface area contributed by atoms with Gasteiger partial charge in [0.25, 0.3) is 5.56 Å². The molecule has 0 bridgehead atoms. The monoisotopic (exact) mass is 217 g/mol. The smallest absolute Gasteiger partial charge is 0.295 e. The van der Waals surface area contributed by atoms with Gasteiger partial charge in [0.2, 0.25) is 5.82 Å². The molecule has 2 aromatic heterocycles. The number of anilines is 1. The van der Waals surface area contributed by atoms with Crippen LogP contribution in [0.25, 0.3) is 5.82 Å². The van der Waals surface area contributed by atoms with Crippen molar-refractivity contribution in [1.82, 2.24) is 19.3 Å². The van der Waals surface area contributed by atoms with Gasteiger partial charge >= 0.3 is 0 Å². The summed E-state index contributed by atoms with van der Waals surface area (Å²) in [7, 11) is 0. The quantitative estimate of drug-likeness (QED) is 0.787. The largest absolute Gasteiger partial charge is 0.396 e. The van der Waals surface area contributed by atoms with Crippen molar-refractivity contribution in [3.05, 3.63) is 35.1 Å². The predicted octanol–water partition coefficient (Wildman–Crippen LogP) is 0.346. The first kappa shape index (κ1) is 9.14. The summed E-state index contributed by atoms with van der Waals surface area (Å²) in [6, 6.07) is 0.335. The molecular formula is C10H11N5O. The van der Waals surface area contributed by atoms with E-state index < -0.39 is 0 Å². The molecule has 2 aromatic rings. The Labute approximate surface area is 91.3 Å². The Morgan fingerprint density at radius 2 is 2.25 bits per heavy atom. The fourth-order valence-corrected chi connectivity index (χ4v) is 1.66. The molecule has 2 heterocycles. The van der Waals surface area contributed by atoms with Crippen LogP contribution in [0.2, 0.25) is 0 Å². The molecule has 0 amide bonds. The molecule has 16 heavy (non-hydrogen) atoms. The maximum atomic E-state index is 12.1. The van der Waals surface area contributed by atoms with Crippen LogP contribution in [0.15, 0.2) is 29.6 Å². The van der Waals surface area contributed by atoms with E-state index in [9.17, 15) is 4.79 Å². The van der Waals surface area contributed by atoms with Crippen molar-refractivity contribution in [3.8, 4) is 5.82 Å². The zero-order valence-corrected chi connectivity index (χ0v) is 8.58. The van der Waals surface area contributed by atoms with Crippen molar-refractivity contribution in [2.75, 3.05) is 5.73 Å². The zero-order chi connectivity index (χ0) is 11.1. The lowest BCUT2D eigenvalue weighted by molar-refractivity contribution is 0.677. The molecule has 2 N–H and O–H groups in total. The second-order valence-electron chi connectivity index (χ2n) is 3.91. The van der Waals surface area contributed by atoms with E-state index >= 15 is 0 Å². The number of nitrogen functional groups attached to an aromatic ring is 1. The maximum absolute atomic E-state index is 12.1. The second-order valence-corrected chi connectivity index (χ2v) is 3.91. The van der Waals surface area contributed by atoms with Crippen molar-refractivity contribution in [1.29, 1.82) is 0 Å². The maximum Gasteiger partial charge on any atom is 0.295 e. The molecule has 1 aliphatic rings. The van der Waals surface area contributed by atoms with Crippen LogP contribution < -0.4 is 11.3 Å². The SMILES string of the molecule is Nc1cnn(-c2nccn(C3CC3)c2=O)c1. The molecular weight excluding hydrogens is 206 g/mol. The minimum absolute atomic E-state index is 0.117. The highest BCUT2D eigenvalue weighted by Gasteiger charge is 2.25. The molecule has 6 heteroatoms. The Hall–Kier alpha value is -2.11. The van der Waals surface area contributed by atoms with Gasteiger partial charge in [0.05, 0.1) is 18.1 Å². The number of nitrogens with two attached hydrogens (primary N) is 1. The molecule has 6 nitrogen and oxygen atoms in total.